The summed E-state index contributed by atoms with van der Waals surface area (Å²) in [5.41, 5.74) is 1.65. The molecule has 0 aliphatic heterocycles. The number of nitrogens with one attached hydrogen (secondary N) is 2. The number of amides is 2. The number of methoxy groups -OCH3 is 1. The average Bonchev–Trinajstić information content (AvgIpc) is 2.99. The van der Waals surface area contributed by atoms with E-state index in [1.165, 1.54) is 0 Å². The zero-order chi connectivity index (χ0) is 17.4. The maximum atomic E-state index is 12.2. The van der Waals surface area contributed by atoms with Gasteiger partial charge in [0.25, 0.3) is 0 Å². The molecular formula is C17H24N4O3. The molecule has 2 N–H and O–H groups in total. The van der Waals surface area contributed by atoms with E-state index in [4.69, 9.17) is 9.47 Å². The van der Waals surface area contributed by atoms with E-state index >= 15 is 0 Å². The largest absolute Gasteiger partial charge is 0.491 e. The van der Waals surface area contributed by atoms with Gasteiger partial charge in [-0.15, -0.1) is 0 Å². The minimum absolute atomic E-state index is 0.0835. The maximum Gasteiger partial charge on any atom is 0.319 e. The second-order valence-corrected chi connectivity index (χ2v) is 5.38. The van der Waals surface area contributed by atoms with Gasteiger partial charge >= 0.3 is 6.03 Å². The summed E-state index contributed by atoms with van der Waals surface area (Å²) in [4.78, 5) is 12.2. The third-order valence-electron chi connectivity index (χ3n) is 3.49. The van der Waals surface area contributed by atoms with Gasteiger partial charge in [0.05, 0.1) is 18.8 Å². The van der Waals surface area contributed by atoms with Crippen molar-refractivity contribution >= 4 is 11.7 Å². The van der Waals surface area contributed by atoms with Crippen LogP contribution in [0.5, 0.6) is 5.75 Å². The lowest BCUT2D eigenvalue weighted by atomic mass is 10.1. The molecule has 7 nitrogen and oxygen atoms in total. The van der Waals surface area contributed by atoms with E-state index in [0.29, 0.717) is 24.7 Å². The number of aromatic nitrogens is 2. The quantitative estimate of drug-likeness (QED) is 0.729. The van der Waals surface area contributed by atoms with Crippen molar-refractivity contribution in [3.8, 4) is 5.75 Å². The normalized spacial score (nSPS) is 11.8. The molecule has 24 heavy (non-hydrogen) atoms. The minimum atomic E-state index is -0.264. The number of carbonyl (C=O) groups excluding carboxylic acids is 1. The molecule has 0 fully saturated rings. The molecule has 130 valence electrons. The Kier molecular flexibility index (Phi) is 6.62. The van der Waals surface area contributed by atoms with E-state index in [0.717, 1.165) is 12.0 Å². The second kappa shape index (κ2) is 8.93. The molecule has 2 aromatic rings. The monoisotopic (exact) mass is 332 g/mol. The third-order valence-corrected chi connectivity index (χ3v) is 3.49. The van der Waals surface area contributed by atoms with Crippen LogP contribution in [0.1, 0.15) is 24.9 Å². The molecule has 0 aliphatic rings. The van der Waals surface area contributed by atoms with Crippen LogP contribution < -0.4 is 15.4 Å². The van der Waals surface area contributed by atoms with Crippen LogP contribution in [0.3, 0.4) is 0 Å². The molecule has 0 saturated heterocycles. The van der Waals surface area contributed by atoms with Crippen molar-refractivity contribution in [2.24, 2.45) is 7.05 Å². The highest BCUT2D eigenvalue weighted by molar-refractivity contribution is 5.89. The molecule has 0 spiro atoms. The molecule has 0 radical (unpaired) electrons. The minimum Gasteiger partial charge on any atom is -0.491 e. The highest BCUT2D eigenvalue weighted by atomic mass is 16.5. The summed E-state index contributed by atoms with van der Waals surface area (Å²) in [6.07, 6.45) is 4.44. The van der Waals surface area contributed by atoms with Gasteiger partial charge in [0, 0.05) is 37.7 Å². The van der Waals surface area contributed by atoms with E-state index in [2.05, 4.69) is 15.7 Å². The van der Waals surface area contributed by atoms with Crippen molar-refractivity contribution in [2.45, 2.75) is 19.4 Å². The van der Waals surface area contributed by atoms with E-state index in [9.17, 15) is 4.79 Å². The number of ether oxygens (including phenoxy) is 2. The predicted octanol–water partition coefficient (Wildman–Crippen LogP) is 2.72. The lowest BCUT2D eigenvalue weighted by Gasteiger charge is -2.16. The molecule has 1 aromatic heterocycles. The number of hydrogen-bond donors (Lipinski definition) is 2. The van der Waals surface area contributed by atoms with Gasteiger partial charge in [-0.05, 0) is 18.6 Å². The van der Waals surface area contributed by atoms with Crippen LogP contribution in [0.2, 0.25) is 0 Å². The van der Waals surface area contributed by atoms with E-state index in [1.807, 2.05) is 38.4 Å². The van der Waals surface area contributed by atoms with Crippen molar-refractivity contribution in [3.05, 3.63) is 42.2 Å². The molecule has 1 atom stereocenters. The van der Waals surface area contributed by atoms with Gasteiger partial charge in [-0.2, -0.15) is 5.10 Å². The zero-order valence-corrected chi connectivity index (χ0v) is 14.3. The van der Waals surface area contributed by atoms with Crippen LogP contribution >= 0.6 is 0 Å². The Hall–Kier alpha value is -2.54. The Labute approximate surface area is 142 Å². The number of urea groups is 1. The van der Waals surface area contributed by atoms with Gasteiger partial charge in [0.1, 0.15) is 12.4 Å². The maximum absolute atomic E-state index is 12.2. The molecule has 7 heteroatoms. The molecular weight excluding hydrogens is 308 g/mol. The van der Waals surface area contributed by atoms with Crippen LogP contribution in [0, 0.1) is 0 Å². The van der Waals surface area contributed by atoms with Crippen molar-refractivity contribution in [3.63, 3.8) is 0 Å². The number of benzene rings is 1. The van der Waals surface area contributed by atoms with E-state index < -0.39 is 0 Å². The lowest BCUT2D eigenvalue weighted by molar-refractivity contribution is 0.146. The van der Waals surface area contributed by atoms with Crippen LogP contribution in [-0.2, 0) is 11.8 Å². The molecule has 1 aromatic carbocycles. The zero-order valence-electron chi connectivity index (χ0n) is 14.3. The van der Waals surface area contributed by atoms with Crippen LogP contribution in [0.25, 0.3) is 0 Å². The summed E-state index contributed by atoms with van der Waals surface area (Å²) >= 11 is 0. The van der Waals surface area contributed by atoms with Gasteiger partial charge in [-0.1, -0.05) is 13.0 Å². The lowest BCUT2D eigenvalue weighted by Crippen LogP contribution is -2.32. The van der Waals surface area contributed by atoms with Gasteiger partial charge < -0.3 is 20.1 Å². The first-order valence-electron chi connectivity index (χ1n) is 7.90. The first-order chi connectivity index (χ1) is 11.6. The molecule has 2 rings (SSSR count). The number of carbonyl (C=O) groups is 1. The fraction of sp³-hybridized carbons (Fsp3) is 0.412. The molecule has 0 saturated carbocycles. The van der Waals surface area contributed by atoms with Crippen molar-refractivity contribution < 1.29 is 14.3 Å². The van der Waals surface area contributed by atoms with Crippen molar-refractivity contribution in [1.29, 1.82) is 0 Å². The smallest absolute Gasteiger partial charge is 0.319 e. The summed E-state index contributed by atoms with van der Waals surface area (Å²) in [7, 11) is 3.48. The standard InChI is InChI=1S/C17H24N4O3/c1-4-16(13-11-18-21(2)12-13)20-17(22)19-14-6-5-7-15(10-14)24-9-8-23-3/h5-7,10-12,16H,4,8-9H2,1-3H3,(H2,19,20,22). The first-order valence-corrected chi connectivity index (χ1v) is 7.90. The SMILES string of the molecule is CCC(NC(=O)Nc1cccc(OCCOC)c1)c1cnn(C)c1. The summed E-state index contributed by atoms with van der Waals surface area (Å²) in [5, 5.41) is 9.92. The average molecular weight is 332 g/mol. The van der Waals surface area contributed by atoms with Gasteiger partial charge in [-0.3, -0.25) is 4.68 Å². The van der Waals surface area contributed by atoms with Crippen LogP contribution in [0.15, 0.2) is 36.7 Å². The number of aryl methyl sites for hydroxylation is 1. The summed E-state index contributed by atoms with van der Waals surface area (Å²) in [5.74, 6) is 0.684. The summed E-state index contributed by atoms with van der Waals surface area (Å²) < 4.78 is 12.2. The van der Waals surface area contributed by atoms with Crippen molar-refractivity contribution in [1.82, 2.24) is 15.1 Å². The number of nitrogens with zero attached hydrogens (tertiary/aromatic N) is 2. The Morgan fingerprint density at radius 3 is 2.88 bits per heavy atom. The molecule has 1 unspecified atom stereocenters. The predicted molar refractivity (Wildman–Crippen MR) is 92.2 cm³/mol. The number of rotatable bonds is 8. The van der Waals surface area contributed by atoms with Gasteiger partial charge in [0.2, 0.25) is 0 Å². The Morgan fingerprint density at radius 1 is 1.38 bits per heavy atom. The highest BCUT2D eigenvalue weighted by Crippen LogP contribution is 2.19. The first kappa shape index (κ1) is 17.8. The summed E-state index contributed by atoms with van der Waals surface area (Å²) in [6.45, 7) is 2.99. The molecule has 2 amide bonds. The molecule has 1 heterocycles. The van der Waals surface area contributed by atoms with Crippen LogP contribution in [-0.4, -0.2) is 36.1 Å². The van der Waals surface area contributed by atoms with E-state index in [1.54, 1.807) is 24.1 Å². The fourth-order valence-corrected chi connectivity index (χ4v) is 2.27. The van der Waals surface area contributed by atoms with E-state index in [-0.39, 0.29) is 12.1 Å². The Bertz CT molecular complexity index is 657. The van der Waals surface area contributed by atoms with Gasteiger partial charge in [0.15, 0.2) is 0 Å². The summed E-state index contributed by atoms with van der Waals surface area (Å²) in [6, 6.07) is 6.91. The number of hydrogen-bond acceptors (Lipinski definition) is 4. The van der Waals surface area contributed by atoms with Gasteiger partial charge in [-0.25, -0.2) is 4.79 Å². The third kappa shape index (κ3) is 5.27. The Morgan fingerprint density at radius 2 is 2.21 bits per heavy atom. The molecule has 0 bridgehead atoms. The fourth-order valence-electron chi connectivity index (χ4n) is 2.27. The van der Waals surface area contributed by atoms with Crippen LogP contribution in [0.4, 0.5) is 10.5 Å². The van der Waals surface area contributed by atoms with Crippen molar-refractivity contribution in [2.75, 3.05) is 25.6 Å². The molecule has 0 aliphatic carbocycles. The number of anilines is 1. The second-order valence-electron chi connectivity index (χ2n) is 5.38. The topological polar surface area (TPSA) is 77.4 Å². The highest BCUT2D eigenvalue weighted by Gasteiger charge is 2.14. The Balaban J connectivity index is 1.92.